The molecule has 12 heteroatoms. The smallest absolute Gasteiger partial charge is 0.508 e. The molecule has 4 aliphatic rings. The van der Waals surface area contributed by atoms with Gasteiger partial charge in [0.25, 0.3) is 7.82 Å². The van der Waals surface area contributed by atoms with Crippen LogP contribution in [0.5, 0.6) is 0 Å². The molecule has 0 bridgehead atoms. The largest absolute Gasteiger partial charge is 0.756 e. The number of ether oxygens (including phenoxy) is 3. The van der Waals surface area contributed by atoms with Crippen LogP contribution in [0.4, 0.5) is 9.59 Å². The number of carbonyl (C=O) groups excluding carboxylic acids is 2. The van der Waals surface area contributed by atoms with Gasteiger partial charge in [0.1, 0.15) is 25.9 Å². The third-order valence-electron chi connectivity index (χ3n) is 16.9. The molecule has 0 radical (unpaired) electrons. The maximum absolute atomic E-state index is 13.2. The second-order valence-electron chi connectivity index (χ2n) is 23.7. The van der Waals surface area contributed by atoms with E-state index in [1.807, 2.05) is 21.1 Å². The average molecular weight is 965 g/mol. The fourth-order valence-electron chi connectivity index (χ4n) is 12.9. The highest BCUT2D eigenvalue weighted by Crippen LogP contribution is 2.67. The first kappa shape index (κ1) is 57.9. The van der Waals surface area contributed by atoms with Crippen LogP contribution in [-0.4, -0.2) is 83.0 Å². The van der Waals surface area contributed by atoms with E-state index in [1.165, 1.54) is 134 Å². The van der Waals surface area contributed by atoms with E-state index in [4.69, 9.17) is 23.3 Å². The van der Waals surface area contributed by atoms with Crippen LogP contribution in [0.2, 0.25) is 0 Å². The molecule has 0 saturated heterocycles. The van der Waals surface area contributed by atoms with Crippen LogP contribution >= 0.6 is 7.82 Å². The lowest BCUT2D eigenvalue weighted by Gasteiger charge is -2.58. The molecule has 0 aromatic heterocycles. The van der Waals surface area contributed by atoms with Gasteiger partial charge in [0.2, 0.25) is 0 Å². The number of hydrogen-bond donors (Lipinski definition) is 1. The predicted octanol–water partition coefficient (Wildman–Crippen LogP) is 14.1. The van der Waals surface area contributed by atoms with E-state index in [1.54, 1.807) is 0 Å². The number of unbranched alkanes of at least 4 members (excludes halogenated alkanes) is 15. The zero-order valence-electron chi connectivity index (χ0n) is 44.4. The highest BCUT2D eigenvalue weighted by molar-refractivity contribution is 7.45. The van der Waals surface area contributed by atoms with Gasteiger partial charge in [-0.3, -0.25) is 4.57 Å². The van der Waals surface area contributed by atoms with Crippen molar-refractivity contribution in [2.45, 2.75) is 227 Å². The summed E-state index contributed by atoms with van der Waals surface area (Å²) in [5.74, 6) is 4.57. The maximum Gasteiger partial charge on any atom is 0.508 e. The Bertz CT molecular complexity index is 1520. The highest BCUT2D eigenvalue weighted by Gasteiger charge is 2.59. The fraction of sp³-hybridized carbons (Fsp3) is 0.927. The topological polar surface area (TPSA) is 132 Å². The Morgan fingerprint density at radius 1 is 0.791 bits per heavy atom. The minimum atomic E-state index is -4.71. The Labute approximate surface area is 409 Å². The molecule has 0 aromatic carbocycles. The summed E-state index contributed by atoms with van der Waals surface area (Å²) in [5.41, 5.74) is 1.97. The number of quaternary nitrogens is 1. The zero-order valence-corrected chi connectivity index (χ0v) is 45.3. The third kappa shape index (κ3) is 19.8. The molecule has 0 spiro atoms. The van der Waals surface area contributed by atoms with Gasteiger partial charge in [-0.1, -0.05) is 169 Å². The van der Waals surface area contributed by atoms with Gasteiger partial charge in [-0.15, -0.1) is 0 Å². The number of rotatable bonds is 33. The number of likely N-dealkylation sites (N-methyl/N-ethyl adjacent to an activating group) is 1. The molecule has 4 aliphatic carbocycles. The molecule has 11 nitrogen and oxygen atoms in total. The standard InChI is InChI=1S/C55H101N2O9P/c1-10-11-12-13-14-15-16-17-18-19-20-21-22-23-24-25-37-56-52(58)65-47(42-64-67(60,61)63-39-38-57(7,8)9)41-62-53(59)66-46-33-35-54(5)45(40-46)29-30-48-50-32-31-49(44(4)28-26-27-43(2)3)55(50,6)36-34-51(48)54/h29,43-44,46-51H,10-28,30-42H2,1-9H3,(H-,56,58,60,61)/t44-,46+,47+,48+,49-,50+,51+,54+,55-/m1/s1. The van der Waals surface area contributed by atoms with Crippen molar-refractivity contribution in [3.8, 4) is 0 Å². The van der Waals surface area contributed by atoms with Crippen molar-refractivity contribution in [3.05, 3.63) is 11.6 Å². The molecular weight excluding hydrogens is 864 g/mol. The number of carbonyl (C=O) groups is 2. The summed E-state index contributed by atoms with van der Waals surface area (Å²) in [6.45, 7) is 14.4. The summed E-state index contributed by atoms with van der Waals surface area (Å²) in [4.78, 5) is 38.7. The molecule has 4 rings (SSSR count). The SMILES string of the molecule is CCCCCCCCCCCCCCCCCCNC(=O)O[C@@H](COC(=O)O[C@H]1CC[C@@]2(C)C(=CC[C@H]3[C@@H]4CC[C@H]([C@H](C)CCCC(C)C)[C@@]4(C)CC[C@@H]32)C1)COP(=O)([O-])OCC[N+](C)(C)C. The normalized spacial score (nSPS) is 27.8. The minimum Gasteiger partial charge on any atom is -0.756 e. The van der Waals surface area contributed by atoms with Crippen LogP contribution in [0.3, 0.4) is 0 Å². The number of allylic oxidation sites excluding steroid dienone is 1. The molecular formula is C55H101N2O9P. The van der Waals surface area contributed by atoms with E-state index >= 15 is 0 Å². The Kier molecular flexibility index (Phi) is 25.1. The summed E-state index contributed by atoms with van der Waals surface area (Å²) in [6, 6.07) is 0. The number of alkyl carbamates (subject to hydrolysis) is 1. The first-order valence-corrected chi connectivity index (χ1v) is 29.2. The second kappa shape index (κ2) is 29.0. The van der Waals surface area contributed by atoms with Crippen molar-refractivity contribution in [2.24, 2.45) is 46.3 Å². The molecule has 3 fully saturated rings. The van der Waals surface area contributed by atoms with Gasteiger partial charge < -0.3 is 38.0 Å². The van der Waals surface area contributed by atoms with Crippen molar-refractivity contribution in [1.82, 2.24) is 5.32 Å². The minimum absolute atomic E-state index is 0.0604. The maximum atomic E-state index is 13.2. The van der Waals surface area contributed by atoms with E-state index in [0.717, 1.165) is 68.1 Å². The third-order valence-corrected chi connectivity index (χ3v) is 17.9. The van der Waals surface area contributed by atoms with Gasteiger partial charge in [0.15, 0.2) is 6.10 Å². The summed E-state index contributed by atoms with van der Waals surface area (Å²) in [6.07, 6.45) is 32.6. The molecule has 0 aliphatic heterocycles. The summed E-state index contributed by atoms with van der Waals surface area (Å²) in [7, 11) is 1.07. The van der Waals surface area contributed by atoms with Gasteiger partial charge in [0, 0.05) is 13.0 Å². The molecule has 1 N–H and O–H groups in total. The predicted molar refractivity (Wildman–Crippen MR) is 269 cm³/mol. The fourth-order valence-corrected chi connectivity index (χ4v) is 13.6. The van der Waals surface area contributed by atoms with E-state index in [9.17, 15) is 19.0 Å². The first-order chi connectivity index (χ1) is 31.9. The van der Waals surface area contributed by atoms with Gasteiger partial charge in [-0.05, 0) is 97.7 Å². The average Bonchev–Trinajstić information content (AvgIpc) is 3.62. The molecule has 10 atom stereocenters. The van der Waals surface area contributed by atoms with Gasteiger partial charge >= 0.3 is 12.2 Å². The Hall–Kier alpha value is -1.65. The van der Waals surface area contributed by atoms with Crippen molar-refractivity contribution < 1.29 is 46.8 Å². The number of nitrogens with one attached hydrogen (secondary N) is 1. The Balaban J connectivity index is 1.19. The van der Waals surface area contributed by atoms with Crippen molar-refractivity contribution in [3.63, 3.8) is 0 Å². The lowest BCUT2D eigenvalue weighted by molar-refractivity contribution is -0.870. The van der Waals surface area contributed by atoms with Crippen LogP contribution in [0.15, 0.2) is 11.6 Å². The van der Waals surface area contributed by atoms with Crippen LogP contribution in [0.1, 0.15) is 215 Å². The van der Waals surface area contributed by atoms with E-state index in [2.05, 4.69) is 52.9 Å². The first-order valence-electron chi connectivity index (χ1n) is 27.7. The number of fused-ring (bicyclic) bond motifs is 5. The zero-order chi connectivity index (χ0) is 48.9. The highest BCUT2D eigenvalue weighted by atomic mass is 31.2. The van der Waals surface area contributed by atoms with Crippen molar-refractivity contribution >= 4 is 20.1 Å². The number of phosphoric acid groups is 1. The molecule has 390 valence electrons. The monoisotopic (exact) mass is 965 g/mol. The van der Waals surface area contributed by atoms with Gasteiger partial charge in [-0.25, -0.2) is 9.59 Å². The van der Waals surface area contributed by atoms with Crippen molar-refractivity contribution in [1.29, 1.82) is 0 Å². The number of phosphoric ester groups is 1. The van der Waals surface area contributed by atoms with E-state index < -0.39 is 39.4 Å². The Morgan fingerprint density at radius 3 is 2.03 bits per heavy atom. The van der Waals surface area contributed by atoms with Crippen LogP contribution < -0.4 is 10.2 Å². The molecule has 0 heterocycles. The summed E-state index contributed by atoms with van der Waals surface area (Å²) in [5, 5.41) is 2.77. The van der Waals surface area contributed by atoms with Gasteiger partial charge in [-0.2, -0.15) is 0 Å². The van der Waals surface area contributed by atoms with E-state index in [0.29, 0.717) is 35.3 Å². The molecule has 1 unspecified atom stereocenters. The quantitative estimate of drug-likeness (QED) is 0.0224. The van der Waals surface area contributed by atoms with E-state index in [-0.39, 0.29) is 18.1 Å². The molecule has 3 saturated carbocycles. The number of nitrogens with zero attached hydrogens (tertiary/aromatic N) is 1. The van der Waals surface area contributed by atoms with Crippen molar-refractivity contribution in [2.75, 3.05) is 54.1 Å². The Morgan fingerprint density at radius 2 is 1.42 bits per heavy atom. The molecule has 0 aromatic rings. The lowest BCUT2D eigenvalue weighted by Crippen LogP contribution is -2.51. The summed E-state index contributed by atoms with van der Waals surface area (Å²) >= 11 is 0. The summed E-state index contributed by atoms with van der Waals surface area (Å²) < 4.78 is 40.3. The second-order valence-corrected chi connectivity index (χ2v) is 25.1. The van der Waals surface area contributed by atoms with Crippen LogP contribution in [0.25, 0.3) is 0 Å². The lowest BCUT2D eigenvalue weighted by atomic mass is 9.47. The van der Waals surface area contributed by atoms with Crippen LogP contribution in [-0.2, 0) is 27.8 Å². The van der Waals surface area contributed by atoms with Crippen LogP contribution in [0, 0.1) is 46.3 Å². The number of amides is 1. The molecule has 1 amide bonds. The molecule has 67 heavy (non-hydrogen) atoms. The van der Waals surface area contributed by atoms with Gasteiger partial charge in [0.05, 0.1) is 27.7 Å². The number of hydrogen-bond acceptors (Lipinski definition) is 9.